The fourth-order valence-electron chi connectivity index (χ4n) is 2.97. The van der Waals surface area contributed by atoms with Crippen molar-refractivity contribution in [3.05, 3.63) is 77.1 Å². The van der Waals surface area contributed by atoms with Crippen LogP contribution < -0.4 is 0 Å². The molecule has 0 spiro atoms. The Morgan fingerprint density at radius 1 is 0.762 bits per heavy atom. The van der Waals surface area contributed by atoms with Crippen LogP contribution in [0.2, 0.25) is 0 Å². The van der Waals surface area contributed by atoms with E-state index < -0.39 is 0 Å². The van der Waals surface area contributed by atoms with Gasteiger partial charge in [0.1, 0.15) is 0 Å². The lowest BCUT2D eigenvalue weighted by Gasteiger charge is -2.27. The van der Waals surface area contributed by atoms with Gasteiger partial charge in [-0.2, -0.15) is 0 Å². The molecule has 0 aliphatic carbocycles. The van der Waals surface area contributed by atoms with Gasteiger partial charge in [-0.1, -0.05) is 61.4 Å². The normalized spacial score (nSPS) is 11.8. The van der Waals surface area contributed by atoms with E-state index in [1.165, 1.54) is 33.0 Å². The predicted octanol–water partition coefficient (Wildman–Crippen LogP) is 5.18. The molecule has 21 heavy (non-hydrogen) atoms. The molecule has 0 radical (unpaired) electrons. The highest BCUT2D eigenvalue weighted by Gasteiger charge is 2.23. The summed E-state index contributed by atoms with van der Waals surface area (Å²) in [5.41, 5.74) is 5.35. The number of pyridine rings is 1. The van der Waals surface area contributed by atoms with Gasteiger partial charge in [0.15, 0.2) is 0 Å². The Labute approximate surface area is 126 Å². The van der Waals surface area contributed by atoms with Crippen LogP contribution >= 0.6 is 0 Å². The number of nitrogens with zero attached hydrogens (tertiary/aromatic N) is 1. The van der Waals surface area contributed by atoms with Crippen molar-refractivity contribution >= 4 is 10.8 Å². The van der Waals surface area contributed by atoms with Crippen molar-refractivity contribution in [3.63, 3.8) is 0 Å². The molecule has 0 fully saturated rings. The minimum Gasteiger partial charge on any atom is -0.264 e. The third-order valence-corrected chi connectivity index (χ3v) is 4.31. The SMILES string of the molecule is Cc1cc(C)cc(C(C)(C)c2ccc3cnccc3c2)c1. The fourth-order valence-corrected chi connectivity index (χ4v) is 2.97. The number of aryl methyl sites for hydroxylation is 2. The zero-order chi connectivity index (χ0) is 15.0. The summed E-state index contributed by atoms with van der Waals surface area (Å²) >= 11 is 0. The molecule has 0 atom stereocenters. The summed E-state index contributed by atoms with van der Waals surface area (Å²) in [6, 6.07) is 15.6. The minimum atomic E-state index is -0.00571. The smallest absolute Gasteiger partial charge is 0.0346 e. The van der Waals surface area contributed by atoms with Crippen LogP contribution in [0.4, 0.5) is 0 Å². The van der Waals surface area contributed by atoms with Gasteiger partial charge in [-0.3, -0.25) is 4.98 Å². The van der Waals surface area contributed by atoms with Gasteiger partial charge in [0.2, 0.25) is 0 Å². The molecule has 3 aromatic rings. The van der Waals surface area contributed by atoms with Gasteiger partial charge in [-0.15, -0.1) is 0 Å². The largest absolute Gasteiger partial charge is 0.264 e. The number of hydrogen-bond donors (Lipinski definition) is 0. The maximum Gasteiger partial charge on any atom is 0.0346 e. The average molecular weight is 275 g/mol. The number of hydrogen-bond acceptors (Lipinski definition) is 1. The molecule has 0 N–H and O–H groups in total. The van der Waals surface area contributed by atoms with Gasteiger partial charge < -0.3 is 0 Å². The summed E-state index contributed by atoms with van der Waals surface area (Å²) in [5.74, 6) is 0. The zero-order valence-electron chi connectivity index (χ0n) is 13.1. The highest BCUT2D eigenvalue weighted by Crippen LogP contribution is 2.34. The third-order valence-electron chi connectivity index (χ3n) is 4.31. The van der Waals surface area contributed by atoms with Crippen LogP contribution in [0.15, 0.2) is 54.9 Å². The minimum absolute atomic E-state index is 0.00571. The number of benzene rings is 2. The van der Waals surface area contributed by atoms with Crippen molar-refractivity contribution in [2.45, 2.75) is 33.1 Å². The second-order valence-electron chi connectivity index (χ2n) is 6.44. The molecule has 1 aromatic heterocycles. The molecular formula is C20H21N. The molecule has 0 unspecified atom stereocenters. The van der Waals surface area contributed by atoms with Crippen LogP contribution in [0.1, 0.15) is 36.1 Å². The Morgan fingerprint density at radius 3 is 2.19 bits per heavy atom. The van der Waals surface area contributed by atoms with E-state index in [-0.39, 0.29) is 5.41 Å². The summed E-state index contributed by atoms with van der Waals surface area (Å²) < 4.78 is 0. The summed E-state index contributed by atoms with van der Waals surface area (Å²) in [6.45, 7) is 8.92. The first-order valence-electron chi connectivity index (χ1n) is 7.40. The summed E-state index contributed by atoms with van der Waals surface area (Å²) in [5, 5.41) is 2.44. The summed E-state index contributed by atoms with van der Waals surface area (Å²) in [6.07, 6.45) is 3.78. The molecule has 3 rings (SSSR count). The van der Waals surface area contributed by atoms with Gasteiger partial charge in [0.05, 0.1) is 0 Å². The first-order valence-corrected chi connectivity index (χ1v) is 7.40. The number of fused-ring (bicyclic) bond motifs is 1. The maximum absolute atomic E-state index is 4.19. The average Bonchev–Trinajstić information content (AvgIpc) is 2.45. The first kappa shape index (κ1) is 13.8. The van der Waals surface area contributed by atoms with Gasteiger partial charge in [-0.05, 0) is 36.4 Å². The molecular weight excluding hydrogens is 254 g/mol. The van der Waals surface area contributed by atoms with Crippen LogP contribution in [0, 0.1) is 13.8 Å². The summed E-state index contributed by atoms with van der Waals surface area (Å²) in [4.78, 5) is 4.19. The van der Waals surface area contributed by atoms with Crippen LogP contribution in [0.3, 0.4) is 0 Å². The molecule has 106 valence electrons. The lowest BCUT2D eigenvalue weighted by molar-refractivity contribution is 0.640. The van der Waals surface area contributed by atoms with Crippen molar-refractivity contribution in [2.75, 3.05) is 0 Å². The lowest BCUT2D eigenvalue weighted by Crippen LogP contribution is -2.19. The van der Waals surface area contributed by atoms with E-state index in [2.05, 4.69) is 75.1 Å². The van der Waals surface area contributed by atoms with E-state index in [4.69, 9.17) is 0 Å². The van der Waals surface area contributed by atoms with Crippen molar-refractivity contribution in [1.29, 1.82) is 0 Å². The second-order valence-corrected chi connectivity index (χ2v) is 6.44. The number of rotatable bonds is 2. The van der Waals surface area contributed by atoms with Crippen molar-refractivity contribution in [1.82, 2.24) is 4.98 Å². The van der Waals surface area contributed by atoms with Gasteiger partial charge in [0, 0.05) is 23.2 Å². The van der Waals surface area contributed by atoms with Crippen LogP contribution in [-0.2, 0) is 5.41 Å². The van der Waals surface area contributed by atoms with Gasteiger partial charge >= 0.3 is 0 Å². The standard InChI is InChI=1S/C20H21N/c1-14-9-15(2)11-19(10-14)20(3,4)18-6-5-17-13-21-8-7-16(17)12-18/h5-13H,1-4H3. The highest BCUT2D eigenvalue weighted by molar-refractivity contribution is 5.82. The molecule has 1 nitrogen and oxygen atoms in total. The monoisotopic (exact) mass is 275 g/mol. The van der Waals surface area contributed by atoms with E-state index in [1.807, 2.05) is 12.4 Å². The highest BCUT2D eigenvalue weighted by atomic mass is 14.6. The Morgan fingerprint density at radius 2 is 1.48 bits per heavy atom. The van der Waals surface area contributed by atoms with Crippen LogP contribution in [0.25, 0.3) is 10.8 Å². The second kappa shape index (κ2) is 5.00. The maximum atomic E-state index is 4.19. The Hall–Kier alpha value is -2.15. The molecule has 0 aliphatic rings. The molecule has 1 heterocycles. The Bertz CT molecular complexity index is 780. The fraction of sp³-hybridized carbons (Fsp3) is 0.250. The number of aromatic nitrogens is 1. The molecule has 2 aromatic carbocycles. The third kappa shape index (κ3) is 2.56. The summed E-state index contributed by atoms with van der Waals surface area (Å²) in [7, 11) is 0. The molecule has 1 heteroatoms. The molecule has 0 bridgehead atoms. The quantitative estimate of drug-likeness (QED) is 0.628. The topological polar surface area (TPSA) is 12.9 Å². The van der Waals surface area contributed by atoms with Crippen molar-refractivity contribution < 1.29 is 0 Å². The van der Waals surface area contributed by atoms with Crippen molar-refractivity contribution in [3.8, 4) is 0 Å². The zero-order valence-corrected chi connectivity index (χ0v) is 13.1. The Kier molecular flexibility index (Phi) is 3.29. The van der Waals surface area contributed by atoms with Gasteiger partial charge in [-0.25, -0.2) is 0 Å². The van der Waals surface area contributed by atoms with Crippen molar-refractivity contribution in [2.24, 2.45) is 0 Å². The van der Waals surface area contributed by atoms with E-state index >= 15 is 0 Å². The van der Waals surface area contributed by atoms with E-state index in [9.17, 15) is 0 Å². The molecule has 0 saturated heterocycles. The molecule has 0 amide bonds. The molecule has 0 saturated carbocycles. The molecule has 0 aliphatic heterocycles. The van der Waals surface area contributed by atoms with E-state index in [0.29, 0.717) is 0 Å². The Balaban J connectivity index is 2.14. The predicted molar refractivity (Wildman–Crippen MR) is 89.8 cm³/mol. The van der Waals surface area contributed by atoms with Crippen LogP contribution in [0.5, 0.6) is 0 Å². The van der Waals surface area contributed by atoms with E-state index in [1.54, 1.807) is 0 Å². The van der Waals surface area contributed by atoms with E-state index in [0.717, 1.165) is 0 Å². The van der Waals surface area contributed by atoms with Crippen LogP contribution in [-0.4, -0.2) is 4.98 Å². The first-order chi connectivity index (χ1) is 9.96. The lowest BCUT2D eigenvalue weighted by atomic mass is 9.77. The van der Waals surface area contributed by atoms with Gasteiger partial charge in [0.25, 0.3) is 0 Å².